The first kappa shape index (κ1) is 12.8. The fourth-order valence-electron chi connectivity index (χ4n) is 2.02. The normalized spacial score (nSPS) is 20.4. The highest BCUT2D eigenvalue weighted by Gasteiger charge is 2.35. The Morgan fingerprint density at radius 3 is 2.33 bits per heavy atom. The summed E-state index contributed by atoms with van der Waals surface area (Å²) >= 11 is 0. The second-order valence-electron chi connectivity index (χ2n) is 4.63. The summed E-state index contributed by atoms with van der Waals surface area (Å²) in [6.07, 6.45) is 1.62. The van der Waals surface area contributed by atoms with Gasteiger partial charge >= 0.3 is 0 Å². The number of halogens is 2. The van der Waals surface area contributed by atoms with E-state index in [-0.39, 0.29) is 5.60 Å². The van der Waals surface area contributed by atoms with Gasteiger partial charge in [-0.15, -0.1) is 0 Å². The van der Waals surface area contributed by atoms with Gasteiger partial charge < -0.3 is 10.1 Å². The van der Waals surface area contributed by atoms with Crippen LogP contribution in [-0.2, 0) is 4.74 Å². The molecule has 1 rings (SSSR count). The molecule has 0 unspecified atom stereocenters. The van der Waals surface area contributed by atoms with E-state index in [1.165, 1.54) is 0 Å². The average Bonchev–Trinajstić information content (AvgIpc) is 2.61. The van der Waals surface area contributed by atoms with E-state index in [0.29, 0.717) is 12.6 Å². The summed E-state index contributed by atoms with van der Waals surface area (Å²) in [6, 6.07) is 0.373. The highest BCUT2D eigenvalue weighted by Crippen LogP contribution is 2.33. The number of hydrogen-bond acceptors (Lipinski definition) is 2. The number of rotatable bonds is 6. The Labute approximate surface area is 90.4 Å². The van der Waals surface area contributed by atoms with Crippen molar-refractivity contribution in [2.75, 3.05) is 13.2 Å². The molecule has 0 amide bonds. The SMILES string of the molecule is CC(C)NCC1(OCC(F)F)CCCC1. The van der Waals surface area contributed by atoms with Crippen LogP contribution in [0.2, 0.25) is 0 Å². The Hall–Kier alpha value is -0.220. The minimum Gasteiger partial charge on any atom is -0.368 e. The molecule has 15 heavy (non-hydrogen) atoms. The van der Waals surface area contributed by atoms with Gasteiger partial charge in [0.2, 0.25) is 0 Å². The van der Waals surface area contributed by atoms with Crippen LogP contribution >= 0.6 is 0 Å². The van der Waals surface area contributed by atoms with E-state index < -0.39 is 13.0 Å². The first-order valence-electron chi connectivity index (χ1n) is 5.70. The lowest BCUT2D eigenvalue weighted by Crippen LogP contribution is -2.44. The molecular weight excluding hydrogens is 200 g/mol. The van der Waals surface area contributed by atoms with Crippen LogP contribution in [0.3, 0.4) is 0 Å². The van der Waals surface area contributed by atoms with Gasteiger partial charge in [-0.05, 0) is 12.8 Å². The van der Waals surface area contributed by atoms with Crippen molar-refractivity contribution in [1.29, 1.82) is 0 Å². The summed E-state index contributed by atoms with van der Waals surface area (Å²) in [4.78, 5) is 0. The first-order valence-corrected chi connectivity index (χ1v) is 5.70. The van der Waals surface area contributed by atoms with Crippen LogP contribution in [0.25, 0.3) is 0 Å². The van der Waals surface area contributed by atoms with Crippen LogP contribution in [0, 0.1) is 0 Å². The van der Waals surface area contributed by atoms with Gasteiger partial charge in [-0.2, -0.15) is 0 Å². The summed E-state index contributed by atoms with van der Waals surface area (Å²) in [5.41, 5.74) is -0.333. The minimum atomic E-state index is -2.36. The molecule has 2 nitrogen and oxygen atoms in total. The number of alkyl halides is 2. The summed E-state index contributed by atoms with van der Waals surface area (Å²) in [5, 5.41) is 3.28. The van der Waals surface area contributed by atoms with E-state index in [2.05, 4.69) is 19.2 Å². The van der Waals surface area contributed by atoms with E-state index in [9.17, 15) is 8.78 Å². The van der Waals surface area contributed by atoms with Gasteiger partial charge in [0.05, 0.1) is 5.60 Å². The molecule has 1 saturated carbocycles. The Morgan fingerprint density at radius 1 is 1.27 bits per heavy atom. The third kappa shape index (κ3) is 4.43. The zero-order chi connectivity index (χ0) is 11.3. The molecule has 0 aromatic heterocycles. The summed E-state index contributed by atoms with van der Waals surface area (Å²) in [6.45, 7) is 4.36. The zero-order valence-electron chi connectivity index (χ0n) is 9.56. The number of hydrogen-bond donors (Lipinski definition) is 1. The Morgan fingerprint density at radius 2 is 1.87 bits per heavy atom. The van der Waals surface area contributed by atoms with E-state index in [1.54, 1.807) is 0 Å². The molecule has 0 aliphatic heterocycles. The molecule has 0 radical (unpaired) electrons. The van der Waals surface area contributed by atoms with Crippen molar-refractivity contribution in [2.45, 2.75) is 57.6 Å². The molecule has 90 valence electrons. The third-order valence-electron chi connectivity index (χ3n) is 2.86. The predicted octanol–water partition coefficient (Wildman–Crippen LogP) is 2.58. The van der Waals surface area contributed by atoms with Gasteiger partial charge in [0, 0.05) is 12.6 Å². The van der Waals surface area contributed by atoms with Crippen molar-refractivity contribution in [1.82, 2.24) is 5.32 Å². The maximum atomic E-state index is 12.1. The molecule has 4 heteroatoms. The lowest BCUT2D eigenvalue weighted by Gasteiger charge is -2.30. The van der Waals surface area contributed by atoms with Crippen LogP contribution in [0.5, 0.6) is 0 Å². The lowest BCUT2D eigenvalue weighted by atomic mass is 10.0. The van der Waals surface area contributed by atoms with Crippen molar-refractivity contribution < 1.29 is 13.5 Å². The Kier molecular flexibility index (Phi) is 4.93. The van der Waals surface area contributed by atoms with E-state index in [0.717, 1.165) is 25.7 Å². The molecule has 1 aliphatic carbocycles. The van der Waals surface area contributed by atoms with Crippen molar-refractivity contribution in [3.05, 3.63) is 0 Å². The van der Waals surface area contributed by atoms with Gasteiger partial charge in [-0.25, -0.2) is 8.78 Å². The molecule has 0 heterocycles. The smallest absolute Gasteiger partial charge is 0.261 e. The molecule has 0 atom stereocenters. The number of ether oxygens (including phenoxy) is 1. The standard InChI is InChI=1S/C11H21F2NO/c1-9(2)14-8-11(5-3-4-6-11)15-7-10(12)13/h9-10,14H,3-8H2,1-2H3. The fourth-order valence-corrected chi connectivity index (χ4v) is 2.02. The summed E-state index contributed by atoms with van der Waals surface area (Å²) < 4.78 is 29.6. The van der Waals surface area contributed by atoms with Crippen molar-refractivity contribution in [3.63, 3.8) is 0 Å². The summed E-state index contributed by atoms with van der Waals surface area (Å²) in [7, 11) is 0. The van der Waals surface area contributed by atoms with Crippen molar-refractivity contribution in [3.8, 4) is 0 Å². The van der Waals surface area contributed by atoms with Crippen LogP contribution in [0.1, 0.15) is 39.5 Å². The van der Waals surface area contributed by atoms with E-state index >= 15 is 0 Å². The topological polar surface area (TPSA) is 21.3 Å². The Balaban J connectivity index is 2.39. The van der Waals surface area contributed by atoms with Crippen LogP contribution in [-0.4, -0.2) is 31.2 Å². The third-order valence-corrected chi connectivity index (χ3v) is 2.86. The second kappa shape index (κ2) is 5.75. The largest absolute Gasteiger partial charge is 0.368 e. The fraction of sp³-hybridized carbons (Fsp3) is 1.00. The highest BCUT2D eigenvalue weighted by atomic mass is 19.3. The van der Waals surface area contributed by atoms with Gasteiger partial charge in [-0.3, -0.25) is 0 Å². The predicted molar refractivity (Wildman–Crippen MR) is 56.3 cm³/mol. The zero-order valence-corrected chi connectivity index (χ0v) is 9.56. The molecule has 1 N–H and O–H groups in total. The van der Waals surface area contributed by atoms with Crippen molar-refractivity contribution >= 4 is 0 Å². The van der Waals surface area contributed by atoms with Crippen LogP contribution < -0.4 is 5.32 Å². The van der Waals surface area contributed by atoms with E-state index in [4.69, 9.17) is 4.74 Å². The van der Waals surface area contributed by atoms with E-state index in [1.807, 2.05) is 0 Å². The van der Waals surface area contributed by atoms with Crippen molar-refractivity contribution in [2.24, 2.45) is 0 Å². The molecule has 0 saturated heterocycles. The molecule has 1 fully saturated rings. The molecule has 0 aromatic carbocycles. The van der Waals surface area contributed by atoms with Crippen LogP contribution in [0.4, 0.5) is 8.78 Å². The minimum absolute atomic E-state index is 0.333. The molecule has 0 spiro atoms. The Bertz CT molecular complexity index is 165. The monoisotopic (exact) mass is 221 g/mol. The van der Waals surface area contributed by atoms with Gasteiger partial charge in [0.1, 0.15) is 6.61 Å². The summed E-state index contributed by atoms with van der Waals surface area (Å²) in [5.74, 6) is 0. The molecule has 0 aromatic rings. The van der Waals surface area contributed by atoms with Crippen LogP contribution in [0.15, 0.2) is 0 Å². The molecular formula is C11H21F2NO. The van der Waals surface area contributed by atoms with Gasteiger partial charge in [0.15, 0.2) is 0 Å². The quantitative estimate of drug-likeness (QED) is 0.744. The number of nitrogens with one attached hydrogen (secondary N) is 1. The van der Waals surface area contributed by atoms with Gasteiger partial charge in [-0.1, -0.05) is 26.7 Å². The maximum absolute atomic E-state index is 12.1. The maximum Gasteiger partial charge on any atom is 0.261 e. The first-order chi connectivity index (χ1) is 7.04. The lowest BCUT2D eigenvalue weighted by molar-refractivity contribution is -0.0850. The average molecular weight is 221 g/mol. The highest BCUT2D eigenvalue weighted by molar-refractivity contribution is 4.89. The molecule has 0 bridgehead atoms. The molecule has 1 aliphatic rings. The van der Waals surface area contributed by atoms with Gasteiger partial charge in [0.25, 0.3) is 6.43 Å². The second-order valence-corrected chi connectivity index (χ2v) is 4.63.